The number of aryl methyl sites for hydroxylation is 1. The quantitative estimate of drug-likeness (QED) is 0.922. The molecule has 0 unspecified atom stereocenters. The maximum atomic E-state index is 12.2. The van der Waals surface area contributed by atoms with Crippen molar-refractivity contribution in [3.63, 3.8) is 0 Å². The Kier molecular flexibility index (Phi) is 5.55. The van der Waals surface area contributed by atoms with Crippen LogP contribution in [-0.2, 0) is 9.53 Å². The summed E-state index contributed by atoms with van der Waals surface area (Å²) < 4.78 is 5.61. The fourth-order valence-electron chi connectivity index (χ4n) is 2.71. The number of morpholine rings is 1. The highest BCUT2D eigenvalue weighted by Crippen LogP contribution is 2.11. The Morgan fingerprint density at radius 1 is 1.27 bits per heavy atom. The maximum Gasteiger partial charge on any atom is 0.251 e. The highest BCUT2D eigenvalue weighted by atomic mass is 16.5. The first-order chi connectivity index (χ1) is 10.5. The number of ether oxygens (including phenoxy) is 1. The Labute approximate surface area is 131 Å². The predicted octanol–water partition coefficient (Wildman–Crippen LogP) is 1.75. The van der Waals surface area contributed by atoms with Gasteiger partial charge >= 0.3 is 0 Å². The van der Waals surface area contributed by atoms with Gasteiger partial charge in [-0.25, -0.2) is 0 Å². The zero-order chi connectivity index (χ0) is 16.1. The van der Waals surface area contributed by atoms with Crippen molar-refractivity contribution in [3.8, 4) is 0 Å². The molecule has 1 fully saturated rings. The van der Waals surface area contributed by atoms with Crippen LogP contribution in [0.2, 0.25) is 0 Å². The normalized spacial score (nSPS) is 21.5. The summed E-state index contributed by atoms with van der Waals surface area (Å²) in [5.41, 5.74) is 1.67. The molecule has 1 aliphatic heterocycles. The van der Waals surface area contributed by atoms with E-state index < -0.39 is 0 Å². The molecule has 22 heavy (non-hydrogen) atoms. The van der Waals surface area contributed by atoms with Crippen LogP contribution in [0.4, 0.5) is 0 Å². The van der Waals surface area contributed by atoms with E-state index >= 15 is 0 Å². The van der Waals surface area contributed by atoms with Gasteiger partial charge in [0.05, 0.1) is 12.2 Å². The van der Waals surface area contributed by atoms with Gasteiger partial charge in [0.1, 0.15) is 0 Å². The van der Waals surface area contributed by atoms with Crippen molar-refractivity contribution in [2.75, 3.05) is 19.6 Å². The largest absolute Gasteiger partial charge is 0.372 e. The third-order valence-corrected chi connectivity index (χ3v) is 3.68. The first-order valence-electron chi connectivity index (χ1n) is 7.74. The second kappa shape index (κ2) is 7.40. The molecule has 2 amide bonds. The molecule has 0 saturated carbocycles. The molecule has 0 bridgehead atoms. The predicted molar refractivity (Wildman–Crippen MR) is 84.7 cm³/mol. The Bertz CT molecular complexity index is 534. The van der Waals surface area contributed by atoms with Crippen molar-refractivity contribution in [1.82, 2.24) is 10.2 Å². The minimum Gasteiger partial charge on any atom is -0.372 e. The van der Waals surface area contributed by atoms with Crippen LogP contribution in [0.15, 0.2) is 24.3 Å². The fraction of sp³-hybridized carbons (Fsp3) is 0.529. The van der Waals surface area contributed by atoms with E-state index in [1.165, 1.54) is 0 Å². The molecule has 2 rings (SSSR count). The van der Waals surface area contributed by atoms with Crippen molar-refractivity contribution < 1.29 is 14.3 Å². The Hall–Kier alpha value is -1.88. The van der Waals surface area contributed by atoms with Gasteiger partial charge < -0.3 is 15.0 Å². The monoisotopic (exact) mass is 304 g/mol. The summed E-state index contributed by atoms with van der Waals surface area (Å²) in [6.45, 7) is 7.47. The minimum atomic E-state index is -0.139. The van der Waals surface area contributed by atoms with Crippen LogP contribution < -0.4 is 5.32 Å². The Balaban J connectivity index is 1.78. The van der Waals surface area contributed by atoms with Crippen molar-refractivity contribution >= 4 is 11.8 Å². The third-order valence-electron chi connectivity index (χ3n) is 3.68. The van der Waals surface area contributed by atoms with Gasteiger partial charge in [-0.15, -0.1) is 0 Å². The van der Waals surface area contributed by atoms with Gasteiger partial charge in [0.2, 0.25) is 5.91 Å². The van der Waals surface area contributed by atoms with Crippen LogP contribution >= 0.6 is 0 Å². The van der Waals surface area contributed by atoms with Crippen molar-refractivity contribution in [1.29, 1.82) is 0 Å². The molecule has 1 N–H and O–H groups in total. The summed E-state index contributed by atoms with van der Waals surface area (Å²) in [5.74, 6) is -0.0771. The lowest BCUT2D eigenvalue weighted by Crippen LogP contribution is -2.48. The molecular weight excluding hydrogens is 280 g/mol. The number of nitrogens with one attached hydrogen (secondary N) is 1. The zero-order valence-electron chi connectivity index (χ0n) is 13.5. The molecule has 0 aromatic heterocycles. The topological polar surface area (TPSA) is 58.6 Å². The van der Waals surface area contributed by atoms with Gasteiger partial charge in [0.25, 0.3) is 5.91 Å². The molecular formula is C17H24N2O3. The number of rotatable bonds is 4. The van der Waals surface area contributed by atoms with Gasteiger partial charge in [-0.3, -0.25) is 9.59 Å². The Morgan fingerprint density at radius 2 is 1.95 bits per heavy atom. The van der Waals surface area contributed by atoms with E-state index in [0.29, 0.717) is 31.6 Å². The van der Waals surface area contributed by atoms with Gasteiger partial charge in [-0.1, -0.05) is 17.7 Å². The van der Waals surface area contributed by atoms with Crippen molar-refractivity contribution in [2.45, 2.75) is 39.4 Å². The van der Waals surface area contributed by atoms with Crippen LogP contribution in [0, 0.1) is 6.92 Å². The first-order valence-corrected chi connectivity index (χ1v) is 7.74. The number of hydrogen-bond donors (Lipinski definition) is 1. The molecule has 1 aromatic carbocycles. The molecule has 0 spiro atoms. The summed E-state index contributed by atoms with van der Waals surface area (Å²) in [4.78, 5) is 26.0. The molecule has 2 atom stereocenters. The van der Waals surface area contributed by atoms with Gasteiger partial charge in [0, 0.05) is 31.6 Å². The number of nitrogens with zero attached hydrogens (tertiary/aromatic N) is 1. The van der Waals surface area contributed by atoms with E-state index in [-0.39, 0.29) is 24.0 Å². The first kappa shape index (κ1) is 16.5. The summed E-state index contributed by atoms with van der Waals surface area (Å²) in [7, 11) is 0. The maximum absolute atomic E-state index is 12.2. The molecule has 1 aromatic rings. The number of benzene rings is 1. The average molecular weight is 304 g/mol. The summed E-state index contributed by atoms with van der Waals surface area (Å²) >= 11 is 0. The summed E-state index contributed by atoms with van der Waals surface area (Å²) in [5, 5.41) is 2.80. The van der Waals surface area contributed by atoms with Crippen LogP contribution in [0.1, 0.15) is 36.2 Å². The van der Waals surface area contributed by atoms with Gasteiger partial charge in [-0.2, -0.15) is 0 Å². The minimum absolute atomic E-state index is 0.0616. The average Bonchev–Trinajstić information content (AvgIpc) is 2.46. The van der Waals surface area contributed by atoms with E-state index in [1.807, 2.05) is 43.9 Å². The summed E-state index contributed by atoms with van der Waals surface area (Å²) in [6, 6.07) is 7.41. The molecule has 120 valence electrons. The smallest absolute Gasteiger partial charge is 0.251 e. The van der Waals surface area contributed by atoms with Crippen LogP contribution in [0.5, 0.6) is 0 Å². The SMILES string of the molecule is Cc1cccc(C(=O)NCCC(=O)N2C[C@H](C)O[C@@H](C)C2)c1. The molecule has 5 heteroatoms. The van der Waals surface area contributed by atoms with Crippen molar-refractivity contribution in [2.24, 2.45) is 0 Å². The van der Waals surface area contributed by atoms with E-state index in [1.54, 1.807) is 6.07 Å². The van der Waals surface area contributed by atoms with Crippen LogP contribution in [0.3, 0.4) is 0 Å². The third kappa shape index (κ3) is 4.56. The lowest BCUT2D eigenvalue weighted by molar-refractivity contribution is -0.143. The van der Waals surface area contributed by atoms with Gasteiger partial charge in [0.15, 0.2) is 0 Å². The molecule has 0 aliphatic carbocycles. The molecule has 5 nitrogen and oxygen atoms in total. The van der Waals surface area contributed by atoms with E-state index in [9.17, 15) is 9.59 Å². The summed E-state index contributed by atoms with van der Waals surface area (Å²) in [6.07, 6.45) is 0.445. The number of hydrogen-bond acceptors (Lipinski definition) is 3. The molecule has 1 heterocycles. The second-order valence-electron chi connectivity index (χ2n) is 5.93. The van der Waals surface area contributed by atoms with Crippen LogP contribution in [-0.4, -0.2) is 48.6 Å². The van der Waals surface area contributed by atoms with Gasteiger partial charge in [-0.05, 0) is 32.9 Å². The zero-order valence-corrected chi connectivity index (χ0v) is 13.5. The number of carbonyl (C=O) groups is 2. The molecule has 1 aliphatic rings. The lowest BCUT2D eigenvalue weighted by atomic mass is 10.1. The fourth-order valence-corrected chi connectivity index (χ4v) is 2.71. The molecule has 0 radical (unpaired) electrons. The highest BCUT2D eigenvalue weighted by molar-refractivity contribution is 5.94. The van der Waals surface area contributed by atoms with E-state index in [2.05, 4.69) is 5.32 Å². The number of amides is 2. The molecule has 1 saturated heterocycles. The van der Waals surface area contributed by atoms with Crippen molar-refractivity contribution in [3.05, 3.63) is 35.4 Å². The van der Waals surface area contributed by atoms with E-state index in [4.69, 9.17) is 4.74 Å². The van der Waals surface area contributed by atoms with E-state index in [0.717, 1.165) is 5.56 Å². The Morgan fingerprint density at radius 3 is 2.59 bits per heavy atom. The highest BCUT2D eigenvalue weighted by Gasteiger charge is 2.25. The second-order valence-corrected chi connectivity index (χ2v) is 5.93. The lowest BCUT2D eigenvalue weighted by Gasteiger charge is -2.35. The number of carbonyl (C=O) groups excluding carboxylic acids is 2. The van der Waals surface area contributed by atoms with Crippen LogP contribution in [0.25, 0.3) is 0 Å². The standard InChI is InChI=1S/C17H24N2O3/c1-12-5-4-6-15(9-12)17(21)18-8-7-16(20)19-10-13(2)22-14(3)11-19/h4-6,9,13-14H,7-8,10-11H2,1-3H3,(H,18,21)/t13-,14-/m0/s1.